The molecule has 1 aromatic carbocycles. The number of carbonyl (C=O) groups excluding carboxylic acids is 1. The van der Waals surface area contributed by atoms with Crippen LogP contribution in [0.15, 0.2) is 12.3 Å². The largest absolute Gasteiger partial charge is 0.382 e. The number of hydrogen-bond donors (Lipinski definition) is 2. The fourth-order valence-electron chi connectivity index (χ4n) is 6.02. The summed E-state index contributed by atoms with van der Waals surface area (Å²) in [4.78, 5) is 14.7. The maximum absolute atomic E-state index is 15.5. The maximum Gasteiger partial charge on any atom is 0.280 e. The van der Waals surface area contributed by atoms with Crippen molar-refractivity contribution < 1.29 is 18.7 Å². The number of aromatic amines is 1. The SMILES string of the molecule is CC1(C)C(C(=O)N2CCC(C(F)(F)[C@H](O)c3c4c(cc5cn[nH]c35)CC4)CC2)C1(C)C. The van der Waals surface area contributed by atoms with Crippen LogP contribution in [-0.4, -0.2) is 45.1 Å². The highest BCUT2D eigenvalue weighted by molar-refractivity contribution is 5.85. The lowest BCUT2D eigenvalue weighted by Gasteiger charge is -2.39. The molecule has 0 spiro atoms. The molecule has 1 atom stereocenters. The summed E-state index contributed by atoms with van der Waals surface area (Å²) in [6.07, 6.45) is 1.68. The second kappa shape index (κ2) is 6.50. The first-order chi connectivity index (χ1) is 14.5. The summed E-state index contributed by atoms with van der Waals surface area (Å²) in [5, 5.41) is 18.5. The number of alkyl halides is 2. The van der Waals surface area contributed by atoms with Crippen molar-refractivity contribution in [3.05, 3.63) is 29.0 Å². The molecule has 2 N–H and O–H groups in total. The van der Waals surface area contributed by atoms with Crippen molar-refractivity contribution in [2.45, 2.75) is 65.4 Å². The van der Waals surface area contributed by atoms with Crippen LogP contribution in [0.25, 0.3) is 10.9 Å². The van der Waals surface area contributed by atoms with Crippen molar-refractivity contribution in [1.29, 1.82) is 0 Å². The van der Waals surface area contributed by atoms with Crippen molar-refractivity contribution in [1.82, 2.24) is 15.1 Å². The van der Waals surface area contributed by atoms with E-state index in [4.69, 9.17) is 0 Å². The molecular formula is C24H31F2N3O2. The summed E-state index contributed by atoms with van der Waals surface area (Å²) >= 11 is 0. The molecule has 2 aliphatic carbocycles. The Morgan fingerprint density at radius 2 is 1.87 bits per heavy atom. The molecule has 2 fully saturated rings. The van der Waals surface area contributed by atoms with E-state index in [0.29, 0.717) is 30.6 Å². The predicted octanol–water partition coefficient (Wildman–Crippen LogP) is 4.25. The Labute approximate surface area is 181 Å². The van der Waals surface area contributed by atoms with Gasteiger partial charge in [-0.25, -0.2) is 8.78 Å². The third kappa shape index (κ3) is 2.81. The molecule has 7 heteroatoms. The minimum Gasteiger partial charge on any atom is -0.382 e. The molecule has 1 saturated heterocycles. The van der Waals surface area contributed by atoms with Crippen molar-refractivity contribution >= 4 is 16.8 Å². The van der Waals surface area contributed by atoms with Gasteiger partial charge in [0.1, 0.15) is 6.10 Å². The number of aromatic nitrogens is 2. The molecule has 1 amide bonds. The lowest BCUT2D eigenvalue weighted by Crippen LogP contribution is -2.46. The van der Waals surface area contributed by atoms with Crippen molar-refractivity contribution in [3.8, 4) is 0 Å². The van der Waals surface area contributed by atoms with Crippen LogP contribution in [0, 0.1) is 22.7 Å². The predicted molar refractivity (Wildman–Crippen MR) is 114 cm³/mol. The lowest BCUT2D eigenvalue weighted by atomic mass is 9.77. The maximum atomic E-state index is 15.5. The number of benzene rings is 1. The Balaban J connectivity index is 1.33. The third-order valence-corrected chi connectivity index (χ3v) is 8.88. The van der Waals surface area contributed by atoms with E-state index in [0.717, 1.165) is 22.9 Å². The number of nitrogens with one attached hydrogen (secondary N) is 1. The minimum atomic E-state index is -3.27. The first kappa shape index (κ1) is 20.9. The average molecular weight is 432 g/mol. The van der Waals surface area contributed by atoms with Gasteiger partial charge >= 0.3 is 0 Å². The van der Waals surface area contributed by atoms with Gasteiger partial charge in [-0.15, -0.1) is 0 Å². The topological polar surface area (TPSA) is 69.2 Å². The zero-order valence-corrected chi connectivity index (χ0v) is 18.6. The zero-order chi connectivity index (χ0) is 22.3. The van der Waals surface area contributed by atoms with E-state index in [2.05, 4.69) is 37.9 Å². The van der Waals surface area contributed by atoms with Crippen molar-refractivity contribution in [2.75, 3.05) is 13.1 Å². The molecule has 0 bridgehead atoms. The highest BCUT2D eigenvalue weighted by atomic mass is 19.3. The lowest BCUT2D eigenvalue weighted by molar-refractivity contribution is -0.165. The number of aryl methyl sites for hydroxylation is 1. The van der Waals surface area contributed by atoms with Crippen LogP contribution < -0.4 is 0 Å². The number of amides is 1. The molecule has 0 radical (unpaired) electrons. The first-order valence-electron chi connectivity index (χ1n) is 11.3. The Morgan fingerprint density at radius 1 is 1.23 bits per heavy atom. The van der Waals surface area contributed by atoms with Crippen LogP contribution in [-0.2, 0) is 17.6 Å². The van der Waals surface area contributed by atoms with E-state index in [9.17, 15) is 9.90 Å². The Bertz CT molecular complexity index is 1040. The summed E-state index contributed by atoms with van der Waals surface area (Å²) in [5.41, 5.74) is 2.54. The quantitative estimate of drug-likeness (QED) is 0.760. The second-order valence-corrected chi connectivity index (χ2v) is 10.8. The summed E-state index contributed by atoms with van der Waals surface area (Å²) in [6.45, 7) is 9.02. The molecule has 1 aromatic heterocycles. The van der Waals surface area contributed by atoms with Gasteiger partial charge in [-0.05, 0) is 53.7 Å². The molecule has 1 aliphatic heterocycles. The number of aliphatic hydroxyl groups excluding tert-OH is 1. The van der Waals surface area contributed by atoms with E-state index in [1.54, 1.807) is 11.1 Å². The number of hydrogen-bond acceptors (Lipinski definition) is 3. The molecule has 168 valence electrons. The molecule has 31 heavy (non-hydrogen) atoms. The molecule has 2 heterocycles. The fourth-order valence-corrected chi connectivity index (χ4v) is 6.02. The van der Waals surface area contributed by atoms with Gasteiger partial charge in [-0.2, -0.15) is 5.10 Å². The molecule has 5 nitrogen and oxygen atoms in total. The number of halogens is 2. The average Bonchev–Trinajstić information content (AvgIpc) is 3.02. The number of likely N-dealkylation sites (tertiary alicyclic amines) is 1. The number of piperidine rings is 1. The summed E-state index contributed by atoms with van der Waals surface area (Å²) < 4.78 is 31.0. The normalized spacial score (nSPS) is 24.0. The van der Waals surface area contributed by atoms with Gasteiger partial charge in [0, 0.05) is 35.9 Å². The summed E-state index contributed by atoms with van der Waals surface area (Å²) in [6, 6.07) is 1.97. The Hall–Kier alpha value is -2.02. The van der Waals surface area contributed by atoms with Gasteiger partial charge in [0.2, 0.25) is 5.91 Å². The van der Waals surface area contributed by atoms with Crippen molar-refractivity contribution in [2.24, 2.45) is 22.7 Å². The monoisotopic (exact) mass is 431 g/mol. The van der Waals surface area contributed by atoms with Gasteiger partial charge in [-0.1, -0.05) is 27.7 Å². The van der Waals surface area contributed by atoms with Gasteiger partial charge in [0.05, 0.1) is 11.7 Å². The number of aliphatic hydroxyl groups is 1. The molecule has 5 rings (SSSR count). The van der Waals surface area contributed by atoms with Gasteiger partial charge in [-0.3, -0.25) is 9.89 Å². The fraction of sp³-hybridized carbons (Fsp3) is 0.667. The van der Waals surface area contributed by atoms with Crippen LogP contribution in [0.2, 0.25) is 0 Å². The zero-order valence-electron chi connectivity index (χ0n) is 18.6. The van der Waals surface area contributed by atoms with Gasteiger partial charge in [0.15, 0.2) is 0 Å². The third-order valence-electron chi connectivity index (χ3n) is 8.88. The second-order valence-electron chi connectivity index (χ2n) is 10.8. The first-order valence-corrected chi connectivity index (χ1v) is 11.3. The highest BCUT2D eigenvalue weighted by Gasteiger charge is 2.69. The molecule has 1 saturated carbocycles. The molecule has 0 unspecified atom stereocenters. The van der Waals surface area contributed by atoms with Crippen LogP contribution in [0.1, 0.15) is 63.3 Å². The Morgan fingerprint density at radius 3 is 2.42 bits per heavy atom. The van der Waals surface area contributed by atoms with Crippen LogP contribution in [0.5, 0.6) is 0 Å². The van der Waals surface area contributed by atoms with E-state index in [1.165, 1.54) is 0 Å². The summed E-state index contributed by atoms with van der Waals surface area (Å²) in [7, 11) is 0. The standard InChI is InChI=1S/C24H31F2N3O2/c1-22(2)19(23(22,3)4)21(31)29-9-7-15(8-10-29)24(25,26)20(30)17-16-6-5-13(16)11-14-12-27-28-18(14)17/h11-12,15,19-20,30H,5-10H2,1-4H3,(H,27,28)/t20-/m1/s1. The van der Waals surface area contributed by atoms with E-state index < -0.39 is 17.9 Å². The van der Waals surface area contributed by atoms with Crippen molar-refractivity contribution in [3.63, 3.8) is 0 Å². The van der Waals surface area contributed by atoms with E-state index in [-0.39, 0.29) is 35.5 Å². The van der Waals surface area contributed by atoms with Crippen LogP contribution >= 0.6 is 0 Å². The minimum absolute atomic E-state index is 0.0560. The molecule has 2 aromatic rings. The number of nitrogens with zero attached hydrogens (tertiary/aromatic N) is 2. The van der Waals surface area contributed by atoms with Crippen LogP contribution in [0.3, 0.4) is 0 Å². The Kier molecular flexibility index (Phi) is 4.37. The van der Waals surface area contributed by atoms with Gasteiger partial charge < -0.3 is 10.0 Å². The van der Waals surface area contributed by atoms with E-state index >= 15 is 8.78 Å². The summed E-state index contributed by atoms with van der Waals surface area (Å²) in [5.74, 6) is -4.20. The number of fused-ring (bicyclic) bond motifs is 2. The van der Waals surface area contributed by atoms with Gasteiger partial charge in [0.25, 0.3) is 5.92 Å². The number of rotatable bonds is 4. The number of carbonyl (C=O) groups is 1. The van der Waals surface area contributed by atoms with E-state index in [1.807, 2.05) is 6.07 Å². The number of H-pyrrole nitrogens is 1. The highest BCUT2D eigenvalue weighted by Crippen LogP contribution is 2.69. The molecule has 3 aliphatic rings. The molecular weight excluding hydrogens is 400 g/mol. The van der Waals surface area contributed by atoms with Crippen LogP contribution in [0.4, 0.5) is 8.78 Å². The smallest absolute Gasteiger partial charge is 0.280 e.